The lowest BCUT2D eigenvalue weighted by Gasteiger charge is -2.09. The van der Waals surface area contributed by atoms with Gasteiger partial charge < -0.3 is 5.32 Å². The third kappa shape index (κ3) is 5.61. The van der Waals surface area contributed by atoms with Crippen LogP contribution in [0.1, 0.15) is 19.5 Å². The van der Waals surface area contributed by atoms with E-state index in [-0.39, 0.29) is 5.75 Å². The van der Waals surface area contributed by atoms with Crippen molar-refractivity contribution in [2.24, 2.45) is 7.05 Å². The minimum atomic E-state index is -3.19. The molecule has 0 aromatic carbocycles. The number of nitrogens with zero attached hydrogens (tertiary/aromatic N) is 2. The molecular weight excluding hydrogens is 252 g/mol. The Morgan fingerprint density at radius 1 is 1.39 bits per heavy atom. The predicted octanol–water partition coefficient (Wildman–Crippen LogP) is -0.120. The zero-order valence-electron chi connectivity index (χ0n) is 11.2. The molecule has 0 saturated carbocycles. The molecule has 104 valence electrons. The van der Waals surface area contributed by atoms with E-state index in [9.17, 15) is 8.42 Å². The van der Waals surface area contributed by atoms with Gasteiger partial charge in [0.1, 0.15) is 0 Å². The van der Waals surface area contributed by atoms with Crippen LogP contribution in [0.5, 0.6) is 0 Å². The second-order valence-corrected chi connectivity index (χ2v) is 6.44. The minimum Gasteiger partial charge on any atom is -0.313 e. The average molecular weight is 274 g/mol. The number of rotatable bonds is 8. The van der Waals surface area contributed by atoms with Crippen LogP contribution in [-0.4, -0.2) is 43.1 Å². The quantitative estimate of drug-likeness (QED) is 0.693. The highest BCUT2D eigenvalue weighted by atomic mass is 32.2. The van der Waals surface area contributed by atoms with Gasteiger partial charge in [0.2, 0.25) is 10.0 Å². The molecule has 1 aromatic heterocycles. The Balaban J connectivity index is 2.27. The molecule has 0 aliphatic rings. The van der Waals surface area contributed by atoms with E-state index >= 15 is 0 Å². The van der Waals surface area contributed by atoms with E-state index in [1.165, 1.54) is 0 Å². The van der Waals surface area contributed by atoms with E-state index in [0.717, 1.165) is 5.69 Å². The third-order valence-electron chi connectivity index (χ3n) is 2.55. The summed E-state index contributed by atoms with van der Waals surface area (Å²) < 4.78 is 27.6. The average Bonchev–Trinajstić information content (AvgIpc) is 2.63. The molecule has 0 spiro atoms. The zero-order chi connectivity index (χ0) is 13.6. The van der Waals surface area contributed by atoms with Crippen LogP contribution in [0.4, 0.5) is 0 Å². The van der Waals surface area contributed by atoms with Gasteiger partial charge in [-0.25, -0.2) is 13.1 Å². The molecule has 0 amide bonds. The number of sulfonamides is 1. The van der Waals surface area contributed by atoms with Crippen LogP contribution in [-0.2, 0) is 23.5 Å². The van der Waals surface area contributed by atoms with Crippen LogP contribution in [0.3, 0.4) is 0 Å². The maximum atomic E-state index is 11.7. The Morgan fingerprint density at radius 3 is 2.67 bits per heavy atom. The maximum absolute atomic E-state index is 11.7. The van der Waals surface area contributed by atoms with Gasteiger partial charge in [-0.3, -0.25) is 4.68 Å². The van der Waals surface area contributed by atoms with Crippen molar-refractivity contribution in [2.75, 3.05) is 18.8 Å². The minimum absolute atomic E-state index is 0.108. The molecule has 0 unspecified atom stereocenters. The number of hydrogen-bond donors (Lipinski definition) is 2. The predicted molar refractivity (Wildman–Crippen MR) is 71.8 cm³/mol. The number of hydrogen-bond acceptors (Lipinski definition) is 4. The molecule has 6 nitrogen and oxygen atoms in total. The van der Waals surface area contributed by atoms with E-state index in [1.807, 2.05) is 27.0 Å². The highest BCUT2D eigenvalue weighted by Gasteiger charge is 2.09. The monoisotopic (exact) mass is 274 g/mol. The van der Waals surface area contributed by atoms with Crippen LogP contribution < -0.4 is 10.0 Å². The maximum Gasteiger partial charge on any atom is 0.212 e. The van der Waals surface area contributed by atoms with Crippen LogP contribution in [0, 0.1) is 0 Å². The summed E-state index contributed by atoms with van der Waals surface area (Å²) >= 11 is 0. The first kappa shape index (κ1) is 15.1. The Morgan fingerprint density at radius 2 is 2.11 bits per heavy atom. The van der Waals surface area contributed by atoms with E-state index in [2.05, 4.69) is 15.1 Å². The molecule has 1 rings (SSSR count). The van der Waals surface area contributed by atoms with Crippen LogP contribution in [0.2, 0.25) is 0 Å². The highest BCUT2D eigenvalue weighted by molar-refractivity contribution is 7.89. The molecule has 0 radical (unpaired) electrons. The van der Waals surface area contributed by atoms with Crippen molar-refractivity contribution in [1.29, 1.82) is 0 Å². The van der Waals surface area contributed by atoms with Crippen molar-refractivity contribution in [2.45, 2.75) is 26.3 Å². The lowest BCUT2D eigenvalue weighted by atomic mass is 10.3. The van der Waals surface area contributed by atoms with Gasteiger partial charge in [-0.2, -0.15) is 5.10 Å². The van der Waals surface area contributed by atoms with Gasteiger partial charge in [-0.05, 0) is 6.07 Å². The molecule has 0 atom stereocenters. The summed E-state index contributed by atoms with van der Waals surface area (Å²) in [7, 11) is -1.34. The molecule has 2 N–H and O–H groups in total. The van der Waals surface area contributed by atoms with Crippen molar-refractivity contribution in [3.8, 4) is 0 Å². The first-order chi connectivity index (χ1) is 8.41. The topological polar surface area (TPSA) is 76.0 Å². The van der Waals surface area contributed by atoms with Crippen LogP contribution >= 0.6 is 0 Å². The van der Waals surface area contributed by atoms with Gasteiger partial charge in [0.25, 0.3) is 0 Å². The van der Waals surface area contributed by atoms with E-state index in [1.54, 1.807) is 10.9 Å². The van der Waals surface area contributed by atoms with Gasteiger partial charge in [-0.15, -0.1) is 0 Å². The molecule has 0 fully saturated rings. The summed E-state index contributed by atoms with van der Waals surface area (Å²) in [6, 6.07) is 2.18. The molecule has 1 heterocycles. The molecule has 0 aliphatic heterocycles. The number of aryl methyl sites for hydroxylation is 1. The molecule has 18 heavy (non-hydrogen) atoms. The van der Waals surface area contributed by atoms with Crippen molar-refractivity contribution < 1.29 is 8.42 Å². The summed E-state index contributed by atoms with van der Waals surface area (Å²) in [4.78, 5) is 0. The third-order valence-corrected chi connectivity index (χ3v) is 3.93. The molecular formula is C11H22N4O2S. The molecule has 0 aliphatic carbocycles. The van der Waals surface area contributed by atoms with E-state index < -0.39 is 10.0 Å². The largest absolute Gasteiger partial charge is 0.313 e. The summed E-state index contributed by atoms with van der Waals surface area (Å²) in [5.41, 5.74) is 1.01. The fourth-order valence-electron chi connectivity index (χ4n) is 1.54. The van der Waals surface area contributed by atoms with Gasteiger partial charge in [-0.1, -0.05) is 13.8 Å². The first-order valence-corrected chi connectivity index (χ1v) is 7.73. The Hall–Kier alpha value is -0.920. The summed E-state index contributed by atoms with van der Waals surface area (Å²) in [5.74, 6) is 0.108. The molecule has 1 aromatic rings. The highest BCUT2D eigenvalue weighted by Crippen LogP contribution is 1.96. The van der Waals surface area contributed by atoms with Crippen molar-refractivity contribution in [3.63, 3.8) is 0 Å². The zero-order valence-corrected chi connectivity index (χ0v) is 12.0. The smallest absolute Gasteiger partial charge is 0.212 e. The van der Waals surface area contributed by atoms with Gasteiger partial charge in [0, 0.05) is 44.5 Å². The fourth-order valence-corrected chi connectivity index (χ4v) is 2.48. The van der Waals surface area contributed by atoms with Gasteiger partial charge in [0.15, 0.2) is 0 Å². The van der Waals surface area contributed by atoms with Crippen molar-refractivity contribution in [3.05, 3.63) is 18.0 Å². The fraction of sp³-hybridized carbons (Fsp3) is 0.727. The van der Waals surface area contributed by atoms with Crippen molar-refractivity contribution >= 4 is 10.0 Å². The lowest BCUT2D eigenvalue weighted by Crippen LogP contribution is -2.35. The summed E-state index contributed by atoms with van der Waals surface area (Å²) in [6.07, 6.45) is 2.35. The standard InChI is InChI=1S/C11H22N4O2S/c1-10(2)12-8-9-18(16,17)14-7-5-11-4-6-13-15(11)3/h4,6,10,12,14H,5,7-9H2,1-3H3. The molecule has 0 saturated heterocycles. The second kappa shape index (κ2) is 6.86. The first-order valence-electron chi connectivity index (χ1n) is 6.08. The normalized spacial score (nSPS) is 12.2. The van der Waals surface area contributed by atoms with E-state index in [4.69, 9.17) is 0 Å². The lowest BCUT2D eigenvalue weighted by molar-refractivity contribution is 0.565. The van der Waals surface area contributed by atoms with Gasteiger partial charge >= 0.3 is 0 Å². The van der Waals surface area contributed by atoms with Crippen molar-refractivity contribution in [1.82, 2.24) is 19.8 Å². The second-order valence-electron chi connectivity index (χ2n) is 4.52. The summed E-state index contributed by atoms with van der Waals surface area (Å²) in [5, 5.41) is 7.11. The molecule has 7 heteroatoms. The Kier molecular flexibility index (Phi) is 5.77. The Labute approximate surface area is 109 Å². The number of nitrogens with one attached hydrogen (secondary N) is 2. The van der Waals surface area contributed by atoms with Gasteiger partial charge in [0.05, 0.1) is 5.75 Å². The van der Waals surface area contributed by atoms with E-state index in [0.29, 0.717) is 25.6 Å². The van der Waals surface area contributed by atoms with Crippen LogP contribution in [0.25, 0.3) is 0 Å². The SMILES string of the molecule is CC(C)NCCS(=O)(=O)NCCc1ccnn1C. The number of aromatic nitrogens is 2. The summed E-state index contributed by atoms with van der Waals surface area (Å²) in [6.45, 7) is 4.85. The van der Waals surface area contributed by atoms with Crippen LogP contribution in [0.15, 0.2) is 12.3 Å². The molecule has 0 bridgehead atoms. The Bertz CT molecular complexity index is 453.